The molecule has 0 radical (unpaired) electrons. The number of fused-ring (bicyclic) bond motifs is 1. The average Bonchev–Trinajstić information content (AvgIpc) is 2.83. The summed E-state index contributed by atoms with van der Waals surface area (Å²) in [7, 11) is 0. The first-order valence-corrected chi connectivity index (χ1v) is 6.23. The van der Waals surface area contributed by atoms with Gasteiger partial charge in [-0.25, -0.2) is 4.98 Å². The number of benzene rings is 1. The fourth-order valence-electron chi connectivity index (χ4n) is 2.48. The number of aryl methyl sites for hydroxylation is 1. The van der Waals surface area contributed by atoms with E-state index in [9.17, 15) is 0 Å². The predicted octanol–water partition coefficient (Wildman–Crippen LogP) is 2.21. The number of imidazole rings is 1. The van der Waals surface area contributed by atoms with Gasteiger partial charge < -0.3 is 10.3 Å². The third-order valence-corrected chi connectivity index (χ3v) is 3.48. The zero-order valence-electron chi connectivity index (χ0n) is 9.89. The summed E-state index contributed by atoms with van der Waals surface area (Å²) in [5.41, 5.74) is 10.6. The number of nitrogens with two attached hydrogens (primary N) is 1. The Bertz CT molecular complexity index is 511. The highest BCUT2D eigenvalue weighted by Gasteiger charge is 2.15. The molecule has 0 unspecified atom stereocenters. The minimum Gasteiger partial charge on any atom is -0.326 e. The number of hydrogen-bond donors (Lipinski definition) is 1. The minimum atomic E-state index is 0.600. The van der Waals surface area contributed by atoms with Gasteiger partial charge in [0.1, 0.15) is 0 Å². The molecule has 3 rings (SSSR count). The SMILES string of the molecule is NCc1ccc(-n2cnc3c2CCCC3)cc1. The lowest BCUT2D eigenvalue weighted by molar-refractivity contribution is 0.656. The molecular formula is C14H17N3. The van der Waals surface area contributed by atoms with Gasteiger partial charge in [-0.2, -0.15) is 0 Å². The molecule has 1 aliphatic rings. The summed E-state index contributed by atoms with van der Waals surface area (Å²) in [5.74, 6) is 0. The van der Waals surface area contributed by atoms with Crippen LogP contribution in [0, 0.1) is 0 Å². The monoisotopic (exact) mass is 227 g/mol. The number of nitrogens with zero attached hydrogens (tertiary/aromatic N) is 2. The summed E-state index contributed by atoms with van der Waals surface area (Å²) in [4.78, 5) is 4.51. The van der Waals surface area contributed by atoms with Crippen LogP contribution in [-0.4, -0.2) is 9.55 Å². The van der Waals surface area contributed by atoms with E-state index < -0.39 is 0 Å². The molecule has 0 saturated carbocycles. The predicted molar refractivity (Wildman–Crippen MR) is 68.1 cm³/mol. The van der Waals surface area contributed by atoms with E-state index in [2.05, 4.69) is 33.8 Å². The highest BCUT2D eigenvalue weighted by atomic mass is 15.1. The van der Waals surface area contributed by atoms with E-state index in [4.69, 9.17) is 5.73 Å². The molecule has 0 saturated heterocycles. The van der Waals surface area contributed by atoms with E-state index in [0.29, 0.717) is 6.54 Å². The molecule has 1 aliphatic carbocycles. The van der Waals surface area contributed by atoms with E-state index >= 15 is 0 Å². The lowest BCUT2D eigenvalue weighted by Gasteiger charge is -2.14. The highest BCUT2D eigenvalue weighted by Crippen LogP contribution is 2.23. The van der Waals surface area contributed by atoms with Gasteiger partial charge in [0.25, 0.3) is 0 Å². The summed E-state index contributed by atoms with van der Waals surface area (Å²) in [6, 6.07) is 8.42. The summed E-state index contributed by atoms with van der Waals surface area (Å²) >= 11 is 0. The molecule has 0 bridgehead atoms. The molecule has 0 amide bonds. The third kappa shape index (κ3) is 1.87. The van der Waals surface area contributed by atoms with Gasteiger partial charge in [-0.3, -0.25) is 0 Å². The fraction of sp³-hybridized carbons (Fsp3) is 0.357. The van der Waals surface area contributed by atoms with Gasteiger partial charge in [0.15, 0.2) is 0 Å². The van der Waals surface area contributed by atoms with Gasteiger partial charge in [-0.1, -0.05) is 12.1 Å². The zero-order chi connectivity index (χ0) is 11.7. The molecule has 1 aromatic carbocycles. The Labute approximate surface area is 101 Å². The van der Waals surface area contributed by atoms with Crippen LogP contribution in [0.2, 0.25) is 0 Å². The molecule has 17 heavy (non-hydrogen) atoms. The molecule has 0 spiro atoms. The molecule has 3 nitrogen and oxygen atoms in total. The van der Waals surface area contributed by atoms with E-state index in [-0.39, 0.29) is 0 Å². The zero-order valence-corrected chi connectivity index (χ0v) is 9.89. The van der Waals surface area contributed by atoms with Crippen molar-refractivity contribution < 1.29 is 0 Å². The van der Waals surface area contributed by atoms with Crippen molar-refractivity contribution in [2.75, 3.05) is 0 Å². The Morgan fingerprint density at radius 3 is 2.65 bits per heavy atom. The van der Waals surface area contributed by atoms with Crippen LogP contribution in [0.5, 0.6) is 0 Å². The second-order valence-corrected chi connectivity index (χ2v) is 4.59. The van der Waals surface area contributed by atoms with Crippen LogP contribution >= 0.6 is 0 Å². The summed E-state index contributed by atoms with van der Waals surface area (Å²) in [5, 5.41) is 0. The second-order valence-electron chi connectivity index (χ2n) is 4.59. The maximum absolute atomic E-state index is 5.61. The van der Waals surface area contributed by atoms with Crippen molar-refractivity contribution in [1.29, 1.82) is 0 Å². The molecule has 1 heterocycles. The van der Waals surface area contributed by atoms with Crippen molar-refractivity contribution in [3.63, 3.8) is 0 Å². The molecular weight excluding hydrogens is 210 g/mol. The maximum Gasteiger partial charge on any atom is 0.0997 e. The number of hydrogen-bond acceptors (Lipinski definition) is 2. The Hall–Kier alpha value is -1.61. The van der Waals surface area contributed by atoms with Crippen molar-refractivity contribution in [1.82, 2.24) is 9.55 Å². The molecule has 0 aliphatic heterocycles. The van der Waals surface area contributed by atoms with Crippen molar-refractivity contribution in [3.05, 3.63) is 47.5 Å². The van der Waals surface area contributed by atoms with Crippen LogP contribution in [0.25, 0.3) is 5.69 Å². The number of rotatable bonds is 2. The van der Waals surface area contributed by atoms with E-state index in [0.717, 1.165) is 12.8 Å². The third-order valence-electron chi connectivity index (χ3n) is 3.48. The molecule has 88 valence electrons. The fourth-order valence-corrected chi connectivity index (χ4v) is 2.48. The first-order chi connectivity index (χ1) is 8.38. The Morgan fingerprint density at radius 1 is 1.12 bits per heavy atom. The smallest absolute Gasteiger partial charge is 0.0997 e. The maximum atomic E-state index is 5.61. The molecule has 1 aromatic heterocycles. The lowest BCUT2D eigenvalue weighted by atomic mass is 10.0. The van der Waals surface area contributed by atoms with Crippen molar-refractivity contribution in [2.24, 2.45) is 5.73 Å². The molecule has 0 atom stereocenters. The topological polar surface area (TPSA) is 43.8 Å². The molecule has 0 fully saturated rings. The highest BCUT2D eigenvalue weighted by molar-refractivity contribution is 5.38. The Kier molecular flexibility index (Phi) is 2.69. The minimum absolute atomic E-state index is 0.600. The van der Waals surface area contributed by atoms with Crippen molar-refractivity contribution in [2.45, 2.75) is 32.2 Å². The Balaban J connectivity index is 2.00. The molecule has 2 N–H and O–H groups in total. The molecule has 3 heteroatoms. The lowest BCUT2D eigenvalue weighted by Crippen LogP contribution is -2.07. The van der Waals surface area contributed by atoms with Gasteiger partial charge in [0.05, 0.1) is 12.0 Å². The molecule has 2 aromatic rings. The van der Waals surface area contributed by atoms with Crippen molar-refractivity contribution >= 4 is 0 Å². The summed E-state index contributed by atoms with van der Waals surface area (Å²) in [6.07, 6.45) is 6.78. The van der Waals surface area contributed by atoms with Crippen molar-refractivity contribution in [3.8, 4) is 5.69 Å². The standard InChI is InChI=1S/C14H17N3/c15-9-11-5-7-12(8-6-11)17-10-16-13-3-1-2-4-14(13)17/h5-8,10H,1-4,9,15H2. The normalized spacial score (nSPS) is 14.6. The van der Waals surface area contributed by atoms with E-state index in [1.54, 1.807) is 0 Å². The van der Waals surface area contributed by atoms with Gasteiger partial charge in [-0.05, 0) is 43.4 Å². The van der Waals surface area contributed by atoms with Crippen LogP contribution in [-0.2, 0) is 19.4 Å². The van der Waals surface area contributed by atoms with Gasteiger partial charge in [-0.15, -0.1) is 0 Å². The van der Waals surface area contributed by atoms with Crippen LogP contribution in [0.15, 0.2) is 30.6 Å². The van der Waals surface area contributed by atoms with Crippen LogP contribution in [0.4, 0.5) is 0 Å². The van der Waals surface area contributed by atoms with Gasteiger partial charge in [0.2, 0.25) is 0 Å². The first-order valence-electron chi connectivity index (χ1n) is 6.23. The van der Waals surface area contributed by atoms with Gasteiger partial charge >= 0.3 is 0 Å². The largest absolute Gasteiger partial charge is 0.326 e. The average molecular weight is 227 g/mol. The summed E-state index contributed by atoms with van der Waals surface area (Å²) < 4.78 is 2.22. The second kappa shape index (κ2) is 4.34. The van der Waals surface area contributed by atoms with Crippen LogP contribution in [0.1, 0.15) is 29.8 Å². The van der Waals surface area contributed by atoms with Gasteiger partial charge in [0, 0.05) is 17.9 Å². The van der Waals surface area contributed by atoms with E-state index in [1.807, 2.05) is 6.33 Å². The van der Waals surface area contributed by atoms with Crippen LogP contribution in [0.3, 0.4) is 0 Å². The van der Waals surface area contributed by atoms with Crippen LogP contribution < -0.4 is 5.73 Å². The summed E-state index contributed by atoms with van der Waals surface area (Å²) in [6.45, 7) is 0.600. The quantitative estimate of drug-likeness (QED) is 0.854. The number of aromatic nitrogens is 2. The Morgan fingerprint density at radius 2 is 1.88 bits per heavy atom. The van der Waals surface area contributed by atoms with E-state index in [1.165, 1.54) is 35.5 Å². The first kappa shape index (κ1) is 10.5.